The zero-order chi connectivity index (χ0) is 26.2. The number of hydrogen-bond acceptors (Lipinski definition) is 9. The Kier molecular flexibility index (Phi) is 6.44. The first-order valence-corrected chi connectivity index (χ1v) is 12.2. The lowest BCUT2D eigenvalue weighted by atomic mass is 10.0. The summed E-state index contributed by atoms with van der Waals surface area (Å²) in [6.45, 7) is 5.40. The number of nitrogens with two attached hydrogens (primary N) is 2. The minimum atomic E-state index is -4.76. The Labute approximate surface area is 207 Å². The van der Waals surface area contributed by atoms with Crippen molar-refractivity contribution in [2.75, 3.05) is 11.5 Å². The number of rotatable bonds is 5. The fourth-order valence-electron chi connectivity index (χ4n) is 3.69. The van der Waals surface area contributed by atoms with Crippen LogP contribution in [-0.4, -0.2) is 18.1 Å². The van der Waals surface area contributed by atoms with Crippen molar-refractivity contribution in [2.24, 2.45) is 20.5 Å². The van der Waals surface area contributed by atoms with Crippen LogP contribution in [0.1, 0.15) is 16.7 Å². The van der Waals surface area contributed by atoms with E-state index in [4.69, 9.17) is 11.5 Å². The molecule has 0 unspecified atom stereocenters. The van der Waals surface area contributed by atoms with Gasteiger partial charge in [-0.3, -0.25) is 4.55 Å². The Morgan fingerprint density at radius 1 is 0.778 bits per heavy atom. The van der Waals surface area contributed by atoms with Crippen molar-refractivity contribution in [3.63, 3.8) is 0 Å². The standard InChI is InChI=1S/C25H24N6O4S/c1-13-4-5-14(2)19(10-13)29-31-24-20(36(33,34)35)12-16-11-15(3)23(22(27)21(16)25(24)32)30-28-18-8-6-17(26)7-9-18/h4-12,32H,26-27H2,1-3H3,(H,33,34,35). The number of phenols is 1. The smallest absolute Gasteiger partial charge is 0.296 e. The molecule has 0 heterocycles. The first-order chi connectivity index (χ1) is 17.0. The molecule has 0 radical (unpaired) electrons. The van der Waals surface area contributed by atoms with Gasteiger partial charge in [-0.15, -0.1) is 10.2 Å². The van der Waals surface area contributed by atoms with Gasteiger partial charge in [0.15, 0.2) is 5.75 Å². The summed E-state index contributed by atoms with van der Waals surface area (Å²) in [6, 6.07) is 15.0. The summed E-state index contributed by atoms with van der Waals surface area (Å²) in [5, 5.41) is 28.0. The van der Waals surface area contributed by atoms with Crippen LogP contribution in [0.15, 0.2) is 79.9 Å². The third-order valence-electron chi connectivity index (χ3n) is 5.60. The lowest BCUT2D eigenvalue weighted by Crippen LogP contribution is -2.00. The molecule has 0 atom stereocenters. The molecule has 10 nitrogen and oxygen atoms in total. The Hall–Kier alpha value is -4.35. The Balaban J connectivity index is 1.93. The van der Waals surface area contributed by atoms with Gasteiger partial charge >= 0.3 is 0 Å². The molecular formula is C25H24N6O4S. The van der Waals surface area contributed by atoms with E-state index in [2.05, 4.69) is 20.5 Å². The summed E-state index contributed by atoms with van der Waals surface area (Å²) in [6.07, 6.45) is 0. The average Bonchev–Trinajstić information content (AvgIpc) is 2.80. The van der Waals surface area contributed by atoms with Crippen LogP contribution in [0.25, 0.3) is 10.8 Å². The topological polar surface area (TPSA) is 176 Å². The highest BCUT2D eigenvalue weighted by atomic mass is 32.2. The molecule has 0 aliphatic heterocycles. The Morgan fingerprint density at radius 3 is 2.11 bits per heavy atom. The summed E-state index contributed by atoms with van der Waals surface area (Å²) >= 11 is 0. The molecule has 4 aromatic carbocycles. The van der Waals surface area contributed by atoms with E-state index in [1.165, 1.54) is 6.07 Å². The molecule has 0 aliphatic rings. The van der Waals surface area contributed by atoms with Gasteiger partial charge in [0.05, 0.1) is 22.4 Å². The molecule has 11 heteroatoms. The number of nitrogen functional groups attached to an aromatic ring is 2. The summed E-state index contributed by atoms with van der Waals surface area (Å²) < 4.78 is 34.2. The maximum atomic E-state index is 12.2. The van der Waals surface area contributed by atoms with Gasteiger partial charge in [-0.05, 0) is 85.3 Å². The molecule has 6 N–H and O–H groups in total. The third-order valence-corrected chi connectivity index (χ3v) is 6.47. The van der Waals surface area contributed by atoms with E-state index in [-0.39, 0.29) is 22.1 Å². The number of anilines is 2. The zero-order valence-corrected chi connectivity index (χ0v) is 20.6. The molecule has 0 saturated heterocycles. The normalized spacial score (nSPS) is 12.2. The maximum Gasteiger partial charge on any atom is 0.296 e. The quantitative estimate of drug-likeness (QED) is 0.133. The predicted molar refractivity (Wildman–Crippen MR) is 140 cm³/mol. The van der Waals surface area contributed by atoms with Crippen LogP contribution >= 0.6 is 0 Å². The largest absolute Gasteiger partial charge is 0.505 e. The van der Waals surface area contributed by atoms with E-state index in [1.54, 1.807) is 43.3 Å². The van der Waals surface area contributed by atoms with Gasteiger partial charge in [0.2, 0.25) is 0 Å². The summed E-state index contributed by atoms with van der Waals surface area (Å²) in [5.41, 5.74) is 15.9. The highest BCUT2D eigenvalue weighted by Gasteiger charge is 2.24. The van der Waals surface area contributed by atoms with Crippen molar-refractivity contribution >= 4 is 55.0 Å². The number of azo groups is 2. The first kappa shape index (κ1) is 24.8. The predicted octanol–water partition coefficient (Wildman–Crippen LogP) is 6.71. The minimum Gasteiger partial charge on any atom is -0.505 e. The zero-order valence-electron chi connectivity index (χ0n) is 19.8. The van der Waals surface area contributed by atoms with E-state index < -0.39 is 26.5 Å². The molecule has 0 amide bonds. The van der Waals surface area contributed by atoms with Gasteiger partial charge in [-0.2, -0.15) is 18.6 Å². The molecule has 0 saturated carbocycles. The SMILES string of the molecule is Cc1ccc(C)c(N=Nc2c(S(=O)(=O)O)cc3cc(C)c(N=Nc4ccc(N)cc4)c(N)c3c2O)c1. The van der Waals surface area contributed by atoms with Crippen LogP contribution in [0.2, 0.25) is 0 Å². The van der Waals surface area contributed by atoms with Crippen molar-refractivity contribution in [3.05, 3.63) is 71.3 Å². The van der Waals surface area contributed by atoms with Gasteiger partial charge in [0, 0.05) is 5.69 Å². The number of fused-ring (bicyclic) bond motifs is 1. The van der Waals surface area contributed by atoms with Crippen molar-refractivity contribution in [3.8, 4) is 5.75 Å². The van der Waals surface area contributed by atoms with E-state index in [0.717, 1.165) is 11.1 Å². The molecule has 0 aromatic heterocycles. The van der Waals surface area contributed by atoms with Gasteiger partial charge in [0.1, 0.15) is 16.3 Å². The number of hydrogen-bond donors (Lipinski definition) is 4. The number of aryl methyl sites for hydroxylation is 3. The van der Waals surface area contributed by atoms with Crippen LogP contribution in [0, 0.1) is 20.8 Å². The molecule has 4 aromatic rings. The van der Waals surface area contributed by atoms with Gasteiger partial charge < -0.3 is 16.6 Å². The van der Waals surface area contributed by atoms with Crippen molar-refractivity contribution < 1.29 is 18.1 Å². The monoisotopic (exact) mass is 504 g/mol. The molecule has 4 rings (SSSR count). The summed E-state index contributed by atoms with van der Waals surface area (Å²) in [7, 11) is -4.76. The van der Waals surface area contributed by atoms with Crippen LogP contribution < -0.4 is 11.5 Å². The number of benzene rings is 4. The van der Waals surface area contributed by atoms with E-state index in [9.17, 15) is 18.1 Å². The van der Waals surface area contributed by atoms with E-state index >= 15 is 0 Å². The van der Waals surface area contributed by atoms with Crippen molar-refractivity contribution in [2.45, 2.75) is 25.7 Å². The number of phenolic OH excluding ortho intramolecular Hbond substituents is 1. The second-order valence-electron chi connectivity index (χ2n) is 8.38. The van der Waals surface area contributed by atoms with Crippen LogP contribution in [0.3, 0.4) is 0 Å². The van der Waals surface area contributed by atoms with Gasteiger partial charge in [0.25, 0.3) is 10.1 Å². The van der Waals surface area contributed by atoms with Crippen molar-refractivity contribution in [1.82, 2.24) is 0 Å². The molecule has 0 fully saturated rings. The van der Waals surface area contributed by atoms with Gasteiger partial charge in [-0.1, -0.05) is 12.1 Å². The second kappa shape index (κ2) is 9.36. The summed E-state index contributed by atoms with van der Waals surface area (Å²) in [5.74, 6) is -0.560. The molecule has 0 bridgehead atoms. The molecule has 0 spiro atoms. The van der Waals surface area contributed by atoms with E-state index in [1.807, 2.05) is 26.0 Å². The average molecular weight is 505 g/mol. The van der Waals surface area contributed by atoms with Crippen LogP contribution in [0.4, 0.5) is 34.1 Å². The molecular weight excluding hydrogens is 480 g/mol. The fraction of sp³-hybridized carbons (Fsp3) is 0.120. The molecule has 36 heavy (non-hydrogen) atoms. The highest BCUT2D eigenvalue weighted by molar-refractivity contribution is 7.86. The molecule has 0 aliphatic carbocycles. The van der Waals surface area contributed by atoms with Crippen LogP contribution in [-0.2, 0) is 10.1 Å². The fourth-order valence-corrected chi connectivity index (χ4v) is 4.35. The second-order valence-corrected chi connectivity index (χ2v) is 9.77. The first-order valence-electron chi connectivity index (χ1n) is 10.8. The van der Waals surface area contributed by atoms with Crippen LogP contribution in [0.5, 0.6) is 5.75 Å². The number of nitrogens with zero attached hydrogens (tertiary/aromatic N) is 4. The maximum absolute atomic E-state index is 12.2. The minimum absolute atomic E-state index is 0.0618. The third kappa shape index (κ3) is 4.88. The Bertz CT molecular complexity index is 1660. The van der Waals surface area contributed by atoms with Crippen molar-refractivity contribution in [1.29, 1.82) is 0 Å². The Morgan fingerprint density at radius 2 is 1.44 bits per heavy atom. The molecule has 184 valence electrons. The lowest BCUT2D eigenvalue weighted by molar-refractivity contribution is 0.472. The highest BCUT2D eigenvalue weighted by Crippen LogP contribution is 2.47. The summed E-state index contributed by atoms with van der Waals surface area (Å²) in [4.78, 5) is -0.600. The van der Waals surface area contributed by atoms with E-state index in [0.29, 0.717) is 22.6 Å². The van der Waals surface area contributed by atoms with Gasteiger partial charge in [-0.25, -0.2) is 0 Å². The number of aromatic hydroxyl groups is 1. The lowest BCUT2D eigenvalue weighted by Gasteiger charge is -2.13.